The molecule has 2 N–H and O–H groups in total. The normalized spacial score (nSPS) is 10.9. The van der Waals surface area contributed by atoms with Gasteiger partial charge in [0.15, 0.2) is 0 Å². The van der Waals surface area contributed by atoms with E-state index in [1.54, 1.807) is 7.11 Å². The smallest absolute Gasteiger partial charge is 0.303 e. The van der Waals surface area contributed by atoms with Crippen LogP contribution in [0.3, 0.4) is 0 Å². The van der Waals surface area contributed by atoms with Crippen molar-refractivity contribution in [1.82, 2.24) is 9.88 Å². The van der Waals surface area contributed by atoms with Crippen molar-refractivity contribution in [1.29, 1.82) is 0 Å². The van der Waals surface area contributed by atoms with Gasteiger partial charge < -0.3 is 19.7 Å². The highest BCUT2D eigenvalue weighted by atomic mass is 16.5. The van der Waals surface area contributed by atoms with Crippen LogP contribution in [0.25, 0.3) is 10.9 Å². The third-order valence-corrected chi connectivity index (χ3v) is 3.92. The van der Waals surface area contributed by atoms with Crippen molar-refractivity contribution < 1.29 is 19.4 Å². The van der Waals surface area contributed by atoms with Crippen LogP contribution in [-0.2, 0) is 16.1 Å². The number of aromatic nitrogens is 1. The Morgan fingerprint density at radius 2 is 2.00 bits per heavy atom. The predicted octanol–water partition coefficient (Wildman–Crippen LogP) is 2.66. The van der Waals surface area contributed by atoms with E-state index >= 15 is 0 Å². The number of methoxy groups -OCH3 is 1. The Morgan fingerprint density at radius 1 is 1.21 bits per heavy atom. The van der Waals surface area contributed by atoms with Gasteiger partial charge in [-0.3, -0.25) is 9.59 Å². The summed E-state index contributed by atoms with van der Waals surface area (Å²) in [5.74, 6) is -0.872. The largest absolute Gasteiger partial charge is 0.481 e. The Hall–Kier alpha value is -2.34. The zero-order valence-electron chi connectivity index (χ0n) is 14.0. The lowest BCUT2D eigenvalue weighted by Crippen LogP contribution is -2.24. The molecule has 0 saturated heterocycles. The van der Waals surface area contributed by atoms with E-state index in [4.69, 9.17) is 9.84 Å². The molecule has 6 nitrogen and oxygen atoms in total. The number of rotatable bonds is 10. The summed E-state index contributed by atoms with van der Waals surface area (Å²) >= 11 is 0. The molecule has 0 aliphatic rings. The number of aliphatic carboxylic acids is 1. The number of carbonyl (C=O) groups is 2. The van der Waals surface area contributed by atoms with Crippen molar-refractivity contribution in [3.63, 3.8) is 0 Å². The van der Waals surface area contributed by atoms with Gasteiger partial charge >= 0.3 is 5.97 Å². The molecule has 0 aliphatic carbocycles. The van der Waals surface area contributed by atoms with E-state index in [0.29, 0.717) is 31.7 Å². The number of carboxylic acids is 1. The fraction of sp³-hybridized carbons (Fsp3) is 0.444. The van der Waals surface area contributed by atoms with Crippen molar-refractivity contribution in [3.8, 4) is 0 Å². The van der Waals surface area contributed by atoms with Crippen LogP contribution < -0.4 is 5.32 Å². The summed E-state index contributed by atoms with van der Waals surface area (Å²) in [6, 6.07) is 7.82. The van der Waals surface area contributed by atoms with Crippen molar-refractivity contribution in [2.75, 3.05) is 20.3 Å². The third-order valence-electron chi connectivity index (χ3n) is 3.92. The van der Waals surface area contributed by atoms with Gasteiger partial charge in [0.25, 0.3) is 5.91 Å². The van der Waals surface area contributed by atoms with Crippen LogP contribution in [0.4, 0.5) is 0 Å². The highest BCUT2D eigenvalue weighted by Gasteiger charge is 2.14. The van der Waals surface area contributed by atoms with Crippen LogP contribution in [0, 0.1) is 0 Å². The average Bonchev–Trinajstić information content (AvgIpc) is 2.94. The van der Waals surface area contributed by atoms with Crippen LogP contribution in [-0.4, -0.2) is 41.8 Å². The van der Waals surface area contributed by atoms with Gasteiger partial charge in [0, 0.05) is 43.7 Å². The van der Waals surface area contributed by atoms with Crippen molar-refractivity contribution in [2.45, 2.75) is 32.2 Å². The van der Waals surface area contributed by atoms with Gasteiger partial charge in [-0.1, -0.05) is 24.6 Å². The van der Waals surface area contributed by atoms with Gasteiger partial charge in [0.05, 0.1) is 12.2 Å². The Balaban J connectivity index is 1.95. The second kappa shape index (κ2) is 9.08. The molecule has 0 saturated carbocycles. The maximum atomic E-state index is 12.4. The summed E-state index contributed by atoms with van der Waals surface area (Å²) in [6.07, 6.45) is 4.26. The summed E-state index contributed by atoms with van der Waals surface area (Å²) in [7, 11) is 1.66. The molecule has 0 aliphatic heterocycles. The zero-order chi connectivity index (χ0) is 17.4. The number of ether oxygens (including phenoxy) is 1. The minimum absolute atomic E-state index is 0.0967. The molecular formula is C18H24N2O4. The molecule has 0 bridgehead atoms. The number of fused-ring (bicyclic) bond motifs is 1. The third kappa shape index (κ3) is 4.83. The van der Waals surface area contributed by atoms with E-state index in [2.05, 4.69) is 5.32 Å². The Kier molecular flexibility index (Phi) is 6.81. The lowest BCUT2D eigenvalue weighted by atomic mass is 10.1. The summed E-state index contributed by atoms with van der Waals surface area (Å²) in [6.45, 7) is 1.83. The molecule has 1 aromatic carbocycles. The van der Waals surface area contributed by atoms with Gasteiger partial charge in [0.1, 0.15) is 0 Å². The monoisotopic (exact) mass is 332 g/mol. The first-order chi connectivity index (χ1) is 11.6. The number of carbonyl (C=O) groups excluding carboxylic acids is 1. The molecule has 1 aromatic heterocycles. The van der Waals surface area contributed by atoms with E-state index in [1.165, 1.54) is 0 Å². The van der Waals surface area contributed by atoms with Gasteiger partial charge in [-0.2, -0.15) is 0 Å². The number of carboxylic acid groups (broad SMARTS) is 1. The summed E-state index contributed by atoms with van der Waals surface area (Å²) in [5.41, 5.74) is 1.67. The molecule has 0 atom stereocenters. The minimum Gasteiger partial charge on any atom is -0.481 e. The molecular weight excluding hydrogens is 308 g/mol. The molecule has 2 aromatic rings. The first-order valence-electron chi connectivity index (χ1n) is 8.20. The van der Waals surface area contributed by atoms with E-state index in [0.717, 1.165) is 23.7 Å². The number of amides is 1. The van der Waals surface area contributed by atoms with Crippen LogP contribution in [0.1, 0.15) is 36.0 Å². The lowest BCUT2D eigenvalue weighted by molar-refractivity contribution is -0.137. The number of benzene rings is 1. The quantitative estimate of drug-likeness (QED) is 0.656. The lowest BCUT2D eigenvalue weighted by Gasteiger charge is -2.04. The second-order valence-electron chi connectivity index (χ2n) is 5.71. The molecule has 0 radical (unpaired) electrons. The number of para-hydroxylation sites is 1. The Morgan fingerprint density at radius 3 is 2.75 bits per heavy atom. The molecule has 0 unspecified atom stereocenters. The van der Waals surface area contributed by atoms with E-state index in [-0.39, 0.29) is 12.3 Å². The molecule has 1 amide bonds. The van der Waals surface area contributed by atoms with Crippen LogP contribution >= 0.6 is 0 Å². The zero-order valence-corrected chi connectivity index (χ0v) is 14.0. The van der Waals surface area contributed by atoms with Crippen LogP contribution in [0.15, 0.2) is 30.5 Å². The van der Waals surface area contributed by atoms with Crippen molar-refractivity contribution in [2.24, 2.45) is 0 Å². The molecule has 0 spiro atoms. The first-order valence-corrected chi connectivity index (χ1v) is 8.20. The highest BCUT2D eigenvalue weighted by Crippen LogP contribution is 2.21. The maximum absolute atomic E-state index is 12.4. The molecule has 6 heteroatoms. The topological polar surface area (TPSA) is 80.6 Å². The second-order valence-corrected chi connectivity index (χ2v) is 5.71. The highest BCUT2D eigenvalue weighted by molar-refractivity contribution is 6.07. The number of nitrogens with zero attached hydrogens (tertiary/aromatic N) is 1. The van der Waals surface area contributed by atoms with E-state index in [9.17, 15) is 9.59 Å². The van der Waals surface area contributed by atoms with Crippen LogP contribution in [0.5, 0.6) is 0 Å². The average molecular weight is 332 g/mol. The minimum atomic E-state index is -0.775. The van der Waals surface area contributed by atoms with E-state index < -0.39 is 5.97 Å². The fourth-order valence-corrected chi connectivity index (χ4v) is 2.68. The van der Waals surface area contributed by atoms with E-state index in [1.807, 2.05) is 35.0 Å². The number of hydrogen-bond acceptors (Lipinski definition) is 3. The Bertz CT molecular complexity index is 693. The number of nitrogens with one attached hydrogen (secondary N) is 1. The molecule has 130 valence electrons. The summed E-state index contributed by atoms with van der Waals surface area (Å²) in [5, 5.41) is 12.4. The summed E-state index contributed by atoms with van der Waals surface area (Å²) < 4.78 is 7.15. The molecule has 0 fully saturated rings. The maximum Gasteiger partial charge on any atom is 0.303 e. The van der Waals surface area contributed by atoms with Gasteiger partial charge in [-0.15, -0.1) is 0 Å². The Labute approximate surface area is 141 Å². The van der Waals surface area contributed by atoms with Crippen molar-refractivity contribution >= 4 is 22.8 Å². The number of unbranched alkanes of at least 4 members (excludes halogenated alkanes) is 2. The van der Waals surface area contributed by atoms with Crippen molar-refractivity contribution in [3.05, 3.63) is 36.0 Å². The fourth-order valence-electron chi connectivity index (χ4n) is 2.68. The van der Waals surface area contributed by atoms with Gasteiger partial charge in [-0.25, -0.2) is 0 Å². The molecule has 24 heavy (non-hydrogen) atoms. The summed E-state index contributed by atoms with van der Waals surface area (Å²) in [4.78, 5) is 22.9. The first kappa shape index (κ1) is 18.0. The van der Waals surface area contributed by atoms with Gasteiger partial charge in [0.2, 0.25) is 0 Å². The predicted molar refractivity (Wildman–Crippen MR) is 92.3 cm³/mol. The molecule has 2 rings (SSSR count). The van der Waals surface area contributed by atoms with Crippen LogP contribution in [0.2, 0.25) is 0 Å². The standard InChI is InChI=1S/C18H24N2O4/c1-24-12-11-20-13-15(14-7-4-5-8-16(14)20)18(23)19-10-6-2-3-9-17(21)22/h4-5,7-8,13H,2-3,6,9-12H2,1H3,(H,19,23)(H,21,22). The SMILES string of the molecule is COCCn1cc(C(=O)NCCCCCC(=O)O)c2ccccc21. The van der Waals surface area contributed by atoms with Gasteiger partial charge in [-0.05, 0) is 18.9 Å². The molecule has 1 heterocycles. The number of hydrogen-bond donors (Lipinski definition) is 2.